The van der Waals surface area contributed by atoms with E-state index >= 15 is 0 Å². The van der Waals surface area contributed by atoms with Crippen molar-refractivity contribution in [2.24, 2.45) is 0 Å². The predicted molar refractivity (Wildman–Crippen MR) is 97.2 cm³/mol. The van der Waals surface area contributed by atoms with Crippen molar-refractivity contribution in [2.75, 3.05) is 6.61 Å². The van der Waals surface area contributed by atoms with Crippen molar-refractivity contribution < 1.29 is 34.7 Å². The number of aldehydes is 1. The fraction of sp³-hybridized carbons (Fsp3) is 0.263. The Balaban J connectivity index is 0.000000201. The number of carbonyl (C=O) groups excluding carboxylic acids is 1. The van der Waals surface area contributed by atoms with Gasteiger partial charge in [-0.25, -0.2) is 0 Å². The van der Waals surface area contributed by atoms with Gasteiger partial charge in [0.05, 0.1) is 17.4 Å². The minimum Gasteiger partial charge on any atom is -0.456 e. The van der Waals surface area contributed by atoms with E-state index in [-0.39, 0.29) is 11.7 Å². The Hall–Kier alpha value is -2.62. The molecular formula is C19H20O8. The minimum atomic E-state index is -1.79. The summed E-state index contributed by atoms with van der Waals surface area (Å²) in [4.78, 5) is 21.9. The number of para-hydroxylation sites is 2. The van der Waals surface area contributed by atoms with Crippen LogP contribution < -0.4 is 5.43 Å². The lowest BCUT2D eigenvalue weighted by molar-refractivity contribution is -0.136. The van der Waals surface area contributed by atoms with Crippen LogP contribution >= 0.6 is 0 Å². The summed E-state index contributed by atoms with van der Waals surface area (Å²) in [7, 11) is 0. The molecule has 3 aromatic rings. The molecule has 0 aliphatic heterocycles. The summed E-state index contributed by atoms with van der Waals surface area (Å²) in [6.07, 6.45) is -6.84. The molecule has 1 heterocycles. The largest absolute Gasteiger partial charge is 0.456 e. The van der Waals surface area contributed by atoms with Crippen molar-refractivity contribution in [3.8, 4) is 0 Å². The van der Waals surface area contributed by atoms with Crippen LogP contribution in [0.4, 0.5) is 0 Å². The van der Waals surface area contributed by atoms with E-state index in [1.54, 1.807) is 12.1 Å². The molecule has 2 aromatic carbocycles. The summed E-state index contributed by atoms with van der Waals surface area (Å²) in [5, 5.41) is 44.8. The molecule has 0 aliphatic carbocycles. The van der Waals surface area contributed by atoms with Crippen molar-refractivity contribution in [1.82, 2.24) is 0 Å². The summed E-state index contributed by atoms with van der Waals surface area (Å²) in [5.74, 6) is 0. The first-order chi connectivity index (χ1) is 12.9. The third kappa shape index (κ3) is 4.76. The second kappa shape index (κ2) is 9.36. The molecule has 144 valence electrons. The number of rotatable bonds is 5. The molecule has 1 aromatic heterocycles. The zero-order valence-corrected chi connectivity index (χ0v) is 14.2. The van der Waals surface area contributed by atoms with E-state index < -0.39 is 31.0 Å². The maximum absolute atomic E-state index is 12.0. The van der Waals surface area contributed by atoms with Gasteiger partial charge in [0.15, 0.2) is 6.29 Å². The third-order valence-corrected chi connectivity index (χ3v) is 3.90. The number of fused-ring (bicyclic) bond motifs is 2. The van der Waals surface area contributed by atoms with E-state index in [2.05, 4.69) is 0 Å². The second-order valence-corrected chi connectivity index (χ2v) is 5.78. The number of hydrogen-bond donors (Lipinski definition) is 5. The lowest BCUT2D eigenvalue weighted by Crippen LogP contribution is -2.46. The van der Waals surface area contributed by atoms with E-state index in [9.17, 15) is 9.59 Å². The standard InChI is InChI=1S/C13H8O2.C6H12O6/c14-13-9-5-1-3-7-11(9)15-12-8-4-2-6-10(12)13;7-1-3(9)5(11)6(12)4(10)2-8/h1-8H;1,3-6,8-12H,2H2. The molecule has 0 fully saturated rings. The van der Waals surface area contributed by atoms with Crippen LogP contribution in [-0.4, -0.2) is 62.8 Å². The molecule has 8 nitrogen and oxygen atoms in total. The van der Waals surface area contributed by atoms with Crippen LogP contribution in [0.1, 0.15) is 0 Å². The first kappa shape index (κ1) is 20.7. The molecule has 4 unspecified atom stereocenters. The molecule has 0 saturated heterocycles. The van der Waals surface area contributed by atoms with Gasteiger partial charge in [-0.3, -0.25) is 4.79 Å². The molecule has 4 atom stereocenters. The van der Waals surface area contributed by atoms with Gasteiger partial charge in [-0.05, 0) is 24.3 Å². The van der Waals surface area contributed by atoms with Gasteiger partial charge in [0.2, 0.25) is 5.43 Å². The Morgan fingerprint density at radius 1 is 0.852 bits per heavy atom. The molecule has 27 heavy (non-hydrogen) atoms. The quantitative estimate of drug-likeness (QED) is 0.297. The molecule has 0 radical (unpaired) electrons. The number of hydrogen-bond acceptors (Lipinski definition) is 8. The average Bonchev–Trinajstić information content (AvgIpc) is 2.72. The summed E-state index contributed by atoms with van der Waals surface area (Å²) in [6.45, 7) is -0.760. The van der Waals surface area contributed by atoms with Gasteiger partial charge in [-0.1, -0.05) is 24.3 Å². The highest BCUT2D eigenvalue weighted by Crippen LogP contribution is 2.17. The van der Waals surface area contributed by atoms with Gasteiger partial charge in [0, 0.05) is 0 Å². The lowest BCUT2D eigenvalue weighted by atomic mass is 10.0. The van der Waals surface area contributed by atoms with Crippen molar-refractivity contribution in [3.05, 3.63) is 58.8 Å². The van der Waals surface area contributed by atoms with Crippen LogP contribution in [0.25, 0.3) is 21.9 Å². The van der Waals surface area contributed by atoms with Gasteiger partial charge in [0.25, 0.3) is 0 Å². The fourth-order valence-electron chi connectivity index (χ4n) is 2.37. The molecule has 0 aliphatic rings. The Morgan fingerprint density at radius 2 is 1.33 bits per heavy atom. The second-order valence-electron chi connectivity index (χ2n) is 5.78. The smallest absolute Gasteiger partial charge is 0.200 e. The number of aliphatic hydroxyl groups excluding tert-OH is 5. The highest BCUT2D eigenvalue weighted by molar-refractivity contribution is 5.89. The normalized spacial score (nSPS) is 15.4. The minimum absolute atomic E-state index is 0.0258. The highest BCUT2D eigenvalue weighted by Gasteiger charge is 2.29. The van der Waals surface area contributed by atoms with E-state index in [1.807, 2.05) is 36.4 Å². The fourth-order valence-corrected chi connectivity index (χ4v) is 2.37. The summed E-state index contributed by atoms with van der Waals surface area (Å²) in [5.41, 5.74) is 1.31. The van der Waals surface area contributed by atoms with Crippen LogP contribution in [-0.2, 0) is 4.79 Å². The molecule has 0 amide bonds. The predicted octanol–water partition coefficient (Wildman–Crippen LogP) is -0.433. The topological polar surface area (TPSA) is 148 Å². The molecule has 0 saturated carbocycles. The Labute approximate surface area is 153 Å². The molecular weight excluding hydrogens is 356 g/mol. The Morgan fingerprint density at radius 3 is 1.78 bits per heavy atom. The monoisotopic (exact) mass is 376 g/mol. The lowest BCUT2D eigenvalue weighted by Gasteiger charge is -2.22. The van der Waals surface area contributed by atoms with E-state index in [0.717, 1.165) is 0 Å². The third-order valence-electron chi connectivity index (χ3n) is 3.90. The molecule has 5 N–H and O–H groups in total. The van der Waals surface area contributed by atoms with Gasteiger partial charge in [-0.2, -0.15) is 0 Å². The van der Waals surface area contributed by atoms with Gasteiger partial charge in [-0.15, -0.1) is 0 Å². The van der Waals surface area contributed by atoms with Crippen LogP contribution in [0.15, 0.2) is 57.7 Å². The van der Waals surface area contributed by atoms with Crippen molar-refractivity contribution in [3.63, 3.8) is 0 Å². The van der Waals surface area contributed by atoms with Crippen molar-refractivity contribution >= 4 is 28.2 Å². The molecule has 8 heteroatoms. The molecule has 3 rings (SSSR count). The first-order valence-electron chi connectivity index (χ1n) is 8.09. The number of carbonyl (C=O) groups is 1. The summed E-state index contributed by atoms with van der Waals surface area (Å²) >= 11 is 0. The maximum atomic E-state index is 12.0. The maximum Gasteiger partial charge on any atom is 0.200 e. The van der Waals surface area contributed by atoms with Gasteiger partial charge >= 0.3 is 0 Å². The highest BCUT2D eigenvalue weighted by atomic mass is 16.4. The number of benzene rings is 2. The van der Waals surface area contributed by atoms with E-state index in [0.29, 0.717) is 21.9 Å². The van der Waals surface area contributed by atoms with Gasteiger partial charge in [0.1, 0.15) is 35.6 Å². The number of aliphatic hydroxyl groups is 5. The zero-order chi connectivity index (χ0) is 20.0. The van der Waals surface area contributed by atoms with Crippen molar-refractivity contribution in [2.45, 2.75) is 24.4 Å². The van der Waals surface area contributed by atoms with Crippen LogP contribution in [0.3, 0.4) is 0 Å². The van der Waals surface area contributed by atoms with Crippen LogP contribution in [0.5, 0.6) is 0 Å². The van der Waals surface area contributed by atoms with Crippen LogP contribution in [0, 0.1) is 0 Å². The van der Waals surface area contributed by atoms with E-state index in [4.69, 9.17) is 29.9 Å². The Kier molecular flexibility index (Phi) is 7.17. The first-order valence-corrected chi connectivity index (χ1v) is 8.09. The SMILES string of the molecule is O=CC(O)C(O)C(O)C(O)CO.O=c1c2ccccc2oc2ccccc12. The van der Waals surface area contributed by atoms with Crippen LogP contribution in [0.2, 0.25) is 0 Å². The van der Waals surface area contributed by atoms with E-state index in [1.165, 1.54) is 0 Å². The molecule has 0 spiro atoms. The summed E-state index contributed by atoms with van der Waals surface area (Å²) < 4.78 is 5.63. The molecule has 0 bridgehead atoms. The Bertz CT molecular complexity index is 894. The van der Waals surface area contributed by atoms with Crippen molar-refractivity contribution in [1.29, 1.82) is 0 Å². The zero-order valence-electron chi connectivity index (χ0n) is 14.2. The van der Waals surface area contributed by atoms with Gasteiger partial charge < -0.3 is 34.7 Å². The average molecular weight is 376 g/mol. The summed E-state index contributed by atoms with van der Waals surface area (Å²) in [6, 6.07) is 14.6.